The lowest BCUT2D eigenvalue weighted by molar-refractivity contribution is -0.127. The summed E-state index contributed by atoms with van der Waals surface area (Å²) >= 11 is 0. The minimum Gasteiger partial charge on any atom is -0.349 e. The Morgan fingerprint density at radius 1 is 1.42 bits per heavy atom. The van der Waals surface area contributed by atoms with Crippen molar-refractivity contribution in [2.24, 2.45) is 11.8 Å². The second kappa shape index (κ2) is 4.93. The zero-order chi connectivity index (χ0) is 13.4. The molecule has 2 N–H and O–H groups in total. The van der Waals surface area contributed by atoms with E-state index >= 15 is 0 Å². The number of nitrogens with one attached hydrogen (secondary N) is 2. The third-order valence-electron chi connectivity index (χ3n) is 4.36. The molecule has 2 aliphatic rings. The van der Waals surface area contributed by atoms with Crippen molar-refractivity contribution < 1.29 is 9.18 Å². The summed E-state index contributed by atoms with van der Waals surface area (Å²) < 4.78 is 13.8. The number of rotatable bonds is 2. The quantitative estimate of drug-likeness (QED) is 0.853. The lowest BCUT2D eigenvalue weighted by Crippen LogP contribution is -2.52. The molecule has 1 aromatic rings. The SMILES string of the molecule is CC1CCc2c(F)cccc2C1NC(=O)C1CNC1. The van der Waals surface area contributed by atoms with E-state index in [9.17, 15) is 9.18 Å². The van der Waals surface area contributed by atoms with Crippen molar-refractivity contribution in [2.45, 2.75) is 25.8 Å². The molecule has 3 nitrogen and oxygen atoms in total. The van der Waals surface area contributed by atoms with Gasteiger partial charge >= 0.3 is 0 Å². The first-order chi connectivity index (χ1) is 9.16. The molecule has 102 valence electrons. The molecule has 3 rings (SSSR count). The van der Waals surface area contributed by atoms with Crippen LogP contribution in [-0.4, -0.2) is 19.0 Å². The third kappa shape index (κ3) is 2.25. The van der Waals surface area contributed by atoms with Gasteiger partial charge in [-0.25, -0.2) is 4.39 Å². The molecule has 1 aromatic carbocycles. The molecule has 0 spiro atoms. The summed E-state index contributed by atoms with van der Waals surface area (Å²) in [4.78, 5) is 12.1. The lowest BCUT2D eigenvalue weighted by atomic mass is 9.80. The van der Waals surface area contributed by atoms with E-state index in [0.29, 0.717) is 5.92 Å². The Kier molecular flexibility index (Phi) is 3.27. The average Bonchev–Trinajstić information content (AvgIpc) is 2.31. The van der Waals surface area contributed by atoms with E-state index in [1.165, 1.54) is 6.07 Å². The molecule has 0 saturated carbocycles. The van der Waals surface area contributed by atoms with Crippen LogP contribution in [0.4, 0.5) is 4.39 Å². The third-order valence-corrected chi connectivity index (χ3v) is 4.36. The van der Waals surface area contributed by atoms with Gasteiger partial charge in [0.1, 0.15) is 5.82 Å². The monoisotopic (exact) mass is 262 g/mol. The van der Waals surface area contributed by atoms with Crippen LogP contribution in [0.25, 0.3) is 0 Å². The van der Waals surface area contributed by atoms with E-state index in [2.05, 4.69) is 17.6 Å². The molecule has 0 radical (unpaired) electrons. The Morgan fingerprint density at radius 2 is 2.21 bits per heavy atom. The standard InChI is InChI=1S/C15H19FN2O/c1-9-5-6-11-12(3-2-4-13(11)16)14(9)18-15(19)10-7-17-8-10/h2-4,9-10,14,17H,5-8H2,1H3,(H,18,19). The molecule has 1 fully saturated rings. The van der Waals surface area contributed by atoms with E-state index in [0.717, 1.165) is 37.1 Å². The largest absolute Gasteiger partial charge is 0.349 e. The average molecular weight is 262 g/mol. The smallest absolute Gasteiger partial charge is 0.226 e. The van der Waals surface area contributed by atoms with Gasteiger partial charge in [0.15, 0.2) is 0 Å². The van der Waals surface area contributed by atoms with Gasteiger partial charge in [-0.2, -0.15) is 0 Å². The molecule has 1 saturated heterocycles. The maximum Gasteiger partial charge on any atom is 0.226 e. The molecule has 2 unspecified atom stereocenters. The minimum atomic E-state index is -0.144. The highest BCUT2D eigenvalue weighted by Gasteiger charge is 2.32. The van der Waals surface area contributed by atoms with E-state index in [1.54, 1.807) is 6.07 Å². The van der Waals surface area contributed by atoms with Crippen molar-refractivity contribution in [2.75, 3.05) is 13.1 Å². The number of hydrogen-bond acceptors (Lipinski definition) is 2. The Balaban J connectivity index is 1.84. The van der Waals surface area contributed by atoms with Gasteiger partial charge in [0.2, 0.25) is 5.91 Å². The molecule has 1 aliphatic heterocycles. The predicted octanol–water partition coefficient (Wildman–Crippen LogP) is 1.78. The second-order valence-electron chi connectivity index (χ2n) is 5.67. The highest BCUT2D eigenvalue weighted by atomic mass is 19.1. The van der Waals surface area contributed by atoms with Crippen LogP contribution < -0.4 is 10.6 Å². The van der Waals surface area contributed by atoms with Gasteiger partial charge in [-0.05, 0) is 36.0 Å². The molecule has 1 heterocycles. The zero-order valence-corrected chi connectivity index (χ0v) is 11.1. The Bertz CT molecular complexity index is 499. The van der Waals surface area contributed by atoms with E-state index in [1.807, 2.05) is 6.07 Å². The van der Waals surface area contributed by atoms with Crippen molar-refractivity contribution in [1.82, 2.24) is 10.6 Å². The summed E-state index contributed by atoms with van der Waals surface area (Å²) in [7, 11) is 0. The van der Waals surface area contributed by atoms with Crippen molar-refractivity contribution in [3.63, 3.8) is 0 Å². The lowest BCUT2D eigenvalue weighted by Gasteiger charge is -2.35. The first-order valence-corrected chi connectivity index (χ1v) is 6.95. The van der Waals surface area contributed by atoms with Gasteiger partial charge in [-0.15, -0.1) is 0 Å². The van der Waals surface area contributed by atoms with Crippen LogP contribution in [0.1, 0.15) is 30.5 Å². The topological polar surface area (TPSA) is 41.1 Å². The minimum absolute atomic E-state index is 0.0486. The Hall–Kier alpha value is -1.42. The normalized spacial score (nSPS) is 26.4. The van der Waals surface area contributed by atoms with Crippen molar-refractivity contribution in [3.05, 3.63) is 35.1 Å². The first kappa shape index (κ1) is 12.6. The molecular weight excluding hydrogens is 243 g/mol. The summed E-state index contributed by atoms with van der Waals surface area (Å²) in [6.45, 7) is 3.63. The van der Waals surface area contributed by atoms with E-state index < -0.39 is 0 Å². The number of fused-ring (bicyclic) bond motifs is 1. The Labute approximate surface area is 112 Å². The summed E-state index contributed by atoms with van der Waals surface area (Å²) in [6, 6.07) is 5.13. The highest BCUT2D eigenvalue weighted by Crippen LogP contribution is 2.35. The maximum absolute atomic E-state index is 13.8. The summed E-state index contributed by atoms with van der Waals surface area (Å²) in [5.74, 6) is 0.374. The van der Waals surface area contributed by atoms with Crippen LogP contribution >= 0.6 is 0 Å². The summed E-state index contributed by atoms with van der Waals surface area (Å²) in [6.07, 6.45) is 1.68. The summed E-state index contributed by atoms with van der Waals surface area (Å²) in [5.41, 5.74) is 1.73. The first-order valence-electron chi connectivity index (χ1n) is 6.95. The van der Waals surface area contributed by atoms with Crippen LogP contribution in [-0.2, 0) is 11.2 Å². The molecule has 2 atom stereocenters. The van der Waals surface area contributed by atoms with Gasteiger partial charge < -0.3 is 10.6 Å². The summed E-state index contributed by atoms with van der Waals surface area (Å²) in [5, 5.41) is 6.21. The number of amides is 1. The predicted molar refractivity (Wildman–Crippen MR) is 71.1 cm³/mol. The zero-order valence-electron chi connectivity index (χ0n) is 11.1. The van der Waals surface area contributed by atoms with Crippen molar-refractivity contribution in [3.8, 4) is 0 Å². The molecule has 0 bridgehead atoms. The number of hydrogen-bond donors (Lipinski definition) is 2. The van der Waals surface area contributed by atoms with Crippen LogP contribution in [0.15, 0.2) is 18.2 Å². The van der Waals surface area contributed by atoms with Gasteiger partial charge in [-0.1, -0.05) is 19.1 Å². The molecular formula is C15H19FN2O. The van der Waals surface area contributed by atoms with E-state index in [-0.39, 0.29) is 23.7 Å². The van der Waals surface area contributed by atoms with Crippen LogP contribution in [0.3, 0.4) is 0 Å². The van der Waals surface area contributed by atoms with Gasteiger partial charge in [0, 0.05) is 13.1 Å². The van der Waals surface area contributed by atoms with Gasteiger partial charge in [0.25, 0.3) is 0 Å². The highest BCUT2D eigenvalue weighted by molar-refractivity contribution is 5.80. The van der Waals surface area contributed by atoms with Crippen LogP contribution in [0.5, 0.6) is 0 Å². The van der Waals surface area contributed by atoms with Crippen molar-refractivity contribution >= 4 is 5.91 Å². The van der Waals surface area contributed by atoms with Crippen LogP contribution in [0.2, 0.25) is 0 Å². The number of carbonyl (C=O) groups excluding carboxylic acids is 1. The molecule has 0 aromatic heterocycles. The fourth-order valence-corrected chi connectivity index (χ4v) is 2.94. The molecule has 1 amide bonds. The fourth-order valence-electron chi connectivity index (χ4n) is 2.94. The molecule has 4 heteroatoms. The fraction of sp³-hybridized carbons (Fsp3) is 0.533. The molecule has 1 aliphatic carbocycles. The van der Waals surface area contributed by atoms with Crippen molar-refractivity contribution in [1.29, 1.82) is 0 Å². The van der Waals surface area contributed by atoms with Gasteiger partial charge in [-0.3, -0.25) is 4.79 Å². The second-order valence-corrected chi connectivity index (χ2v) is 5.67. The van der Waals surface area contributed by atoms with Gasteiger partial charge in [0.05, 0.1) is 12.0 Å². The maximum atomic E-state index is 13.8. The molecule has 19 heavy (non-hydrogen) atoms. The van der Waals surface area contributed by atoms with E-state index in [4.69, 9.17) is 0 Å². The number of carbonyl (C=O) groups is 1. The number of halogens is 1. The van der Waals surface area contributed by atoms with Crippen LogP contribution in [0, 0.1) is 17.7 Å². The number of benzene rings is 1. The Morgan fingerprint density at radius 3 is 2.89 bits per heavy atom.